The van der Waals surface area contributed by atoms with Gasteiger partial charge < -0.3 is 15.1 Å². The third-order valence-electron chi connectivity index (χ3n) is 3.81. The highest BCUT2D eigenvalue weighted by atomic mass is 15.2. The van der Waals surface area contributed by atoms with Gasteiger partial charge in [0.15, 0.2) is 0 Å². The van der Waals surface area contributed by atoms with E-state index in [1.165, 1.54) is 6.42 Å². The number of aromatic nitrogens is 2. The molecule has 0 amide bonds. The molecule has 2 rings (SSSR count). The average molecular weight is 263 g/mol. The quantitative estimate of drug-likeness (QED) is 0.840. The average Bonchev–Trinajstić information content (AvgIpc) is 2.93. The Labute approximate surface area is 116 Å². The van der Waals surface area contributed by atoms with Crippen molar-refractivity contribution in [2.45, 2.75) is 20.3 Å². The topological polar surface area (TPSA) is 44.3 Å². The molecule has 1 atom stereocenters. The summed E-state index contributed by atoms with van der Waals surface area (Å²) in [5.74, 6) is 2.77. The van der Waals surface area contributed by atoms with Gasteiger partial charge in [-0.05, 0) is 39.3 Å². The van der Waals surface area contributed by atoms with Gasteiger partial charge in [0.1, 0.15) is 18.0 Å². The summed E-state index contributed by atoms with van der Waals surface area (Å²) in [4.78, 5) is 13.3. The lowest BCUT2D eigenvalue weighted by atomic mass is 10.1. The Bertz CT molecular complexity index is 385. The first kappa shape index (κ1) is 14.1. The molecule has 0 aliphatic carbocycles. The SMILES string of the molecule is CCN(CC)c1cc(N(C)CC2CCNC2)ncn1. The monoisotopic (exact) mass is 263 g/mol. The molecule has 5 nitrogen and oxygen atoms in total. The van der Waals surface area contributed by atoms with Crippen LogP contribution in [0, 0.1) is 5.92 Å². The van der Waals surface area contributed by atoms with Crippen LogP contribution in [0.1, 0.15) is 20.3 Å². The van der Waals surface area contributed by atoms with Crippen LogP contribution >= 0.6 is 0 Å². The number of hydrogen-bond donors (Lipinski definition) is 1. The first-order chi connectivity index (χ1) is 9.24. The van der Waals surface area contributed by atoms with Gasteiger partial charge in [0, 0.05) is 32.7 Å². The van der Waals surface area contributed by atoms with Gasteiger partial charge in [0.05, 0.1) is 0 Å². The smallest absolute Gasteiger partial charge is 0.134 e. The fraction of sp³-hybridized carbons (Fsp3) is 0.714. The Morgan fingerprint density at radius 1 is 1.26 bits per heavy atom. The number of rotatable bonds is 6. The van der Waals surface area contributed by atoms with Crippen molar-refractivity contribution in [2.75, 3.05) is 49.6 Å². The van der Waals surface area contributed by atoms with E-state index >= 15 is 0 Å². The molecular weight excluding hydrogens is 238 g/mol. The van der Waals surface area contributed by atoms with Crippen molar-refractivity contribution in [1.29, 1.82) is 0 Å². The first-order valence-electron chi connectivity index (χ1n) is 7.23. The van der Waals surface area contributed by atoms with Crippen LogP contribution in [0.2, 0.25) is 0 Å². The molecule has 0 spiro atoms. The van der Waals surface area contributed by atoms with E-state index in [1.807, 2.05) is 0 Å². The molecule has 1 unspecified atom stereocenters. The summed E-state index contributed by atoms with van der Waals surface area (Å²) in [5, 5.41) is 3.41. The van der Waals surface area contributed by atoms with Crippen LogP contribution in [0.3, 0.4) is 0 Å². The molecule has 106 valence electrons. The Kier molecular flexibility index (Phi) is 4.96. The largest absolute Gasteiger partial charge is 0.359 e. The lowest BCUT2D eigenvalue weighted by Gasteiger charge is -2.24. The molecular formula is C14H25N5. The van der Waals surface area contributed by atoms with Crippen LogP contribution in [0.4, 0.5) is 11.6 Å². The fourth-order valence-electron chi connectivity index (χ4n) is 2.62. The lowest BCUT2D eigenvalue weighted by Crippen LogP contribution is -2.28. The van der Waals surface area contributed by atoms with E-state index < -0.39 is 0 Å². The molecule has 0 radical (unpaired) electrons. The van der Waals surface area contributed by atoms with Crippen LogP contribution in [0.15, 0.2) is 12.4 Å². The van der Waals surface area contributed by atoms with Gasteiger partial charge in [-0.1, -0.05) is 0 Å². The summed E-state index contributed by atoms with van der Waals surface area (Å²) >= 11 is 0. The van der Waals surface area contributed by atoms with Crippen LogP contribution in [0.5, 0.6) is 0 Å². The van der Waals surface area contributed by atoms with Gasteiger partial charge in [-0.3, -0.25) is 0 Å². The zero-order valence-corrected chi connectivity index (χ0v) is 12.3. The van der Waals surface area contributed by atoms with Gasteiger partial charge in [-0.25, -0.2) is 9.97 Å². The van der Waals surface area contributed by atoms with Gasteiger partial charge >= 0.3 is 0 Å². The summed E-state index contributed by atoms with van der Waals surface area (Å²) in [7, 11) is 2.12. The normalized spacial score (nSPS) is 18.6. The molecule has 0 aromatic carbocycles. The van der Waals surface area contributed by atoms with E-state index in [1.54, 1.807) is 6.33 Å². The maximum absolute atomic E-state index is 4.40. The Hall–Kier alpha value is -1.36. The third-order valence-corrected chi connectivity index (χ3v) is 3.81. The predicted molar refractivity (Wildman–Crippen MR) is 79.8 cm³/mol. The van der Waals surface area contributed by atoms with Crippen LogP contribution in [-0.2, 0) is 0 Å². The Morgan fingerprint density at radius 2 is 2.00 bits per heavy atom. The molecule has 2 heterocycles. The van der Waals surface area contributed by atoms with Crippen LogP contribution < -0.4 is 15.1 Å². The van der Waals surface area contributed by atoms with Crippen molar-refractivity contribution in [3.63, 3.8) is 0 Å². The number of anilines is 2. The molecule has 1 saturated heterocycles. The van der Waals surface area contributed by atoms with E-state index in [0.717, 1.165) is 50.3 Å². The predicted octanol–water partition coefficient (Wildman–Crippen LogP) is 1.37. The molecule has 1 aliphatic rings. The Morgan fingerprint density at radius 3 is 2.63 bits per heavy atom. The zero-order chi connectivity index (χ0) is 13.7. The van der Waals surface area contributed by atoms with Gasteiger partial charge in [0.25, 0.3) is 0 Å². The van der Waals surface area contributed by atoms with Crippen molar-refractivity contribution in [2.24, 2.45) is 5.92 Å². The van der Waals surface area contributed by atoms with E-state index in [9.17, 15) is 0 Å². The van der Waals surface area contributed by atoms with Gasteiger partial charge in [-0.15, -0.1) is 0 Å². The van der Waals surface area contributed by atoms with Crippen LogP contribution in [0.25, 0.3) is 0 Å². The first-order valence-corrected chi connectivity index (χ1v) is 7.23. The second kappa shape index (κ2) is 6.70. The standard InChI is InChI=1S/C14H25N5/c1-4-19(5-2)14-8-13(16-11-17-14)18(3)10-12-6-7-15-9-12/h8,11-12,15H,4-7,9-10H2,1-3H3. The zero-order valence-electron chi connectivity index (χ0n) is 12.3. The summed E-state index contributed by atoms with van der Waals surface area (Å²) in [5.41, 5.74) is 0. The number of nitrogens with zero attached hydrogens (tertiary/aromatic N) is 4. The highest BCUT2D eigenvalue weighted by Crippen LogP contribution is 2.18. The van der Waals surface area contributed by atoms with Crippen molar-refractivity contribution >= 4 is 11.6 Å². The highest BCUT2D eigenvalue weighted by Gasteiger charge is 2.17. The number of nitrogens with one attached hydrogen (secondary N) is 1. The lowest BCUT2D eigenvalue weighted by molar-refractivity contribution is 0.575. The summed E-state index contributed by atoms with van der Waals surface area (Å²) in [6.45, 7) is 9.58. The van der Waals surface area contributed by atoms with E-state index in [-0.39, 0.29) is 0 Å². The third kappa shape index (κ3) is 3.56. The highest BCUT2D eigenvalue weighted by molar-refractivity contribution is 5.49. The second-order valence-electron chi connectivity index (χ2n) is 5.15. The molecule has 1 aromatic rings. The van der Waals surface area contributed by atoms with Gasteiger partial charge in [0.2, 0.25) is 0 Å². The summed E-state index contributed by atoms with van der Waals surface area (Å²) < 4.78 is 0. The minimum Gasteiger partial charge on any atom is -0.359 e. The Balaban J connectivity index is 2.04. The van der Waals surface area contributed by atoms with Crippen molar-refractivity contribution < 1.29 is 0 Å². The molecule has 0 saturated carbocycles. The second-order valence-corrected chi connectivity index (χ2v) is 5.15. The minimum absolute atomic E-state index is 0.733. The molecule has 0 bridgehead atoms. The number of hydrogen-bond acceptors (Lipinski definition) is 5. The van der Waals surface area contributed by atoms with Gasteiger partial charge in [-0.2, -0.15) is 0 Å². The molecule has 1 fully saturated rings. The molecule has 1 N–H and O–H groups in total. The molecule has 1 aliphatic heterocycles. The summed E-state index contributed by atoms with van der Waals surface area (Å²) in [6.07, 6.45) is 2.94. The molecule has 5 heteroatoms. The van der Waals surface area contributed by atoms with E-state index in [0.29, 0.717) is 0 Å². The molecule has 19 heavy (non-hydrogen) atoms. The molecule has 1 aromatic heterocycles. The van der Waals surface area contributed by atoms with Crippen molar-refractivity contribution in [1.82, 2.24) is 15.3 Å². The van der Waals surface area contributed by atoms with Crippen LogP contribution in [-0.4, -0.2) is 49.7 Å². The summed E-state index contributed by atoms with van der Waals surface area (Å²) in [6, 6.07) is 2.09. The minimum atomic E-state index is 0.733. The van der Waals surface area contributed by atoms with E-state index in [4.69, 9.17) is 0 Å². The van der Waals surface area contributed by atoms with Crippen molar-refractivity contribution in [3.8, 4) is 0 Å². The fourth-order valence-corrected chi connectivity index (χ4v) is 2.62. The van der Waals surface area contributed by atoms with E-state index in [2.05, 4.69) is 52.0 Å². The van der Waals surface area contributed by atoms with Crippen molar-refractivity contribution in [3.05, 3.63) is 12.4 Å². The maximum Gasteiger partial charge on any atom is 0.134 e. The maximum atomic E-state index is 4.40.